The maximum atomic E-state index is 13.6. The van der Waals surface area contributed by atoms with Crippen LogP contribution >= 0.6 is 0 Å². The Morgan fingerprint density at radius 1 is 0.900 bits per heavy atom. The number of nitrogens with two attached hydrogens (primary N) is 1. The first-order valence-corrected chi connectivity index (χ1v) is 9.09. The lowest BCUT2D eigenvalue weighted by Crippen LogP contribution is -2.34. The van der Waals surface area contributed by atoms with Crippen molar-refractivity contribution < 1.29 is 18.4 Å². The highest BCUT2D eigenvalue weighted by Crippen LogP contribution is 2.13. The van der Waals surface area contributed by atoms with Gasteiger partial charge in [-0.15, -0.1) is 0 Å². The zero-order chi connectivity index (χ0) is 21.5. The number of halogens is 2. The van der Waals surface area contributed by atoms with Gasteiger partial charge in [0.1, 0.15) is 5.70 Å². The molecule has 0 saturated carbocycles. The Hall–Kier alpha value is -4.00. The minimum atomic E-state index is -1.06. The van der Waals surface area contributed by atoms with E-state index < -0.39 is 23.4 Å². The number of carbonyl (C=O) groups excluding carboxylic acids is 2. The van der Waals surface area contributed by atoms with Crippen LogP contribution in [0, 0.1) is 11.6 Å². The zero-order valence-corrected chi connectivity index (χ0v) is 15.9. The topological polar surface area (TPSA) is 84.2 Å². The van der Waals surface area contributed by atoms with E-state index in [4.69, 9.17) is 5.73 Å². The van der Waals surface area contributed by atoms with Crippen LogP contribution in [0.5, 0.6) is 0 Å². The van der Waals surface area contributed by atoms with Crippen LogP contribution in [0.25, 0.3) is 6.08 Å². The van der Waals surface area contributed by atoms with E-state index >= 15 is 0 Å². The molecule has 5 nitrogen and oxygen atoms in total. The van der Waals surface area contributed by atoms with Crippen molar-refractivity contribution in [2.45, 2.75) is 6.54 Å². The van der Waals surface area contributed by atoms with Crippen molar-refractivity contribution in [2.24, 2.45) is 0 Å². The number of hydrogen-bond acceptors (Lipinski definition) is 3. The van der Waals surface area contributed by atoms with Crippen molar-refractivity contribution in [1.82, 2.24) is 10.6 Å². The Balaban J connectivity index is 1.85. The molecule has 4 N–H and O–H groups in total. The standard InChI is InChI=1S/C23H19F2N3O2/c24-18-11-10-15(12-19(18)25)13-21(28-22(29)16-6-2-1-3-7-16)23(30)27-14-17-8-4-5-9-20(17)26/h1-13H,14,26H2,(H,27,30)(H,28,29)/b21-13+. The van der Waals surface area contributed by atoms with Gasteiger partial charge in [-0.3, -0.25) is 9.59 Å². The smallest absolute Gasteiger partial charge is 0.268 e. The van der Waals surface area contributed by atoms with Gasteiger partial charge in [-0.05, 0) is 47.5 Å². The Labute approximate surface area is 172 Å². The summed E-state index contributed by atoms with van der Waals surface area (Å²) in [6.45, 7) is 0.127. The van der Waals surface area contributed by atoms with Gasteiger partial charge in [0.25, 0.3) is 11.8 Å². The van der Waals surface area contributed by atoms with Crippen molar-refractivity contribution in [1.29, 1.82) is 0 Å². The molecule has 152 valence electrons. The predicted molar refractivity (Wildman–Crippen MR) is 111 cm³/mol. The second kappa shape index (κ2) is 9.47. The molecule has 0 aliphatic carbocycles. The number of benzene rings is 3. The van der Waals surface area contributed by atoms with Crippen LogP contribution in [0.15, 0.2) is 78.5 Å². The van der Waals surface area contributed by atoms with Gasteiger partial charge in [0.05, 0.1) is 0 Å². The summed E-state index contributed by atoms with van der Waals surface area (Å²) >= 11 is 0. The highest BCUT2D eigenvalue weighted by Gasteiger charge is 2.15. The van der Waals surface area contributed by atoms with Crippen molar-refractivity contribution in [3.8, 4) is 0 Å². The van der Waals surface area contributed by atoms with Gasteiger partial charge in [-0.25, -0.2) is 8.78 Å². The molecule has 0 heterocycles. The molecule has 0 radical (unpaired) electrons. The zero-order valence-electron chi connectivity index (χ0n) is 15.9. The van der Waals surface area contributed by atoms with Gasteiger partial charge >= 0.3 is 0 Å². The molecule has 0 fully saturated rings. The average Bonchev–Trinajstić information content (AvgIpc) is 2.75. The number of nitrogens with one attached hydrogen (secondary N) is 2. The third-order valence-corrected chi connectivity index (χ3v) is 4.28. The summed E-state index contributed by atoms with van der Waals surface area (Å²) in [7, 11) is 0. The summed E-state index contributed by atoms with van der Waals surface area (Å²) in [6, 6.07) is 18.5. The van der Waals surface area contributed by atoms with Crippen LogP contribution < -0.4 is 16.4 Å². The summed E-state index contributed by atoms with van der Waals surface area (Å²) in [5, 5.41) is 5.20. The molecule has 0 aliphatic rings. The van der Waals surface area contributed by atoms with E-state index in [2.05, 4.69) is 10.6 Å². The van der Waals surface area contributed by atoms with Crippen LogP contribution in [0.2, 0.25) is 0 Å². The van der Waals surface area contributed by atoms with Gasteiger partial charge in [0.15, 0.2) is 11.6 Å². The van der Waals surface area contributed by atoms with Gasteiger partial charge < -0.3 is 16.4 Å². The van der Waals surface area contributed by atoms with Gasteiger partial charge in [-0.1, -0.05) is 42.5 Å². The average molecular weight is 407 g/mol. The van der Waals surface area contributed by atoms with E-state index in [1.54, 1.807) is 54.6 Å². The summed E-state index contributed by atoms with van der Waals surface area (Å²) in [5.74, 6) is -3.19. The van der Waals surface area contributed by atoms with Gasteiger partial charge in [0, 0.05) is 17.8 Å². The maximum Gasteiger partial charge on any atom is 0.268 e. The van der Waals surface area contributed by atoms with Crippen LogP contribution in [0.1, 0.15) is 21.5 Å². The van der Waals surface area contributed by atoms with Crippen LogP contribution in [0.3, 0.4) is 0 Å². The Kier molecular flexibility index (Phi) is 6.54. The molecule has 0 atom stereocenters. The monoisotopic (exact) mass is 407 g/mol. The van der Waals surface area contributed by atoms with Crippen LogP contribution in [-0.4, -0.2) is 11.8 Å². The molecule has 7 heteroatoms. The van der Waals surface area contributed by atoms with E-state index in [1.165, 1.54) is 12.1 Å². The lowest BCUT2D eigenvalue weighted by atomic mass is 10.1. The second-order valence-corrected chi connectivity index (χ2v) is 6.43. The third kappa shape index (κ3) is 5.29. The molecular weight excluding hydrogens is 388 g/mol. The Morgan fingerprint density at radius 3 is 2.30 bits per heavy atom. The summed E-state index contributed by atoms with van der Waals surface area (Å²) in [5.41, 5.74) is 7.53. The van der Waals surface area contributed by atoms with E-state index in [1.807, 2.05) is 0 Å². The van der Waals surface area contributed by atoms with E-state index in [0.29, 0.717) is 16.8 Å². The molecule has 3 rings (SSSR count). The highest BCUT2D eigenvalue weighted by molar-refractivity contribution is 6.05. The number of para-hydroxylation sites is 1. The largest absolute Gasteiger partial charge is 0.398 e. The first kappa shape index (κ1) is 20.7. The molecule has 0 saturated heterocycles. The van der Waals surface area contributed by atoms with Crippen LogP contribution in [-0.2, 0) is 11.3 Å². The molecule has 30 heavy (non-hydrogen) atoms. The number of nitrogen functional groups attached to an aromatic ring is 1. The van der Waals surface area contributed by atoms with Crippen molar-refractivity contribution in [3.63, 3.8) is 0 Å². The molecule has 0 aromatic heterocycles. The first-order valence-electron chi connectivity index (χ1n) is 9.09. The number of rotatable bonds is 6. The second-order valence-electron chi connectivity index (χ2n) is 6.43. The number of amides is 2. The SMILES string of the molecule is Nc1ccccc1CNC(=O)/C(=C\c1ccc(F)c(F)c1)NC(=O)c1ccccc1. The van der Waals surface area contributed by atoms with E-state index in [9.17, 15) is 18.4 Å². The predicted octanol–water partition coefficient (Wildman–Crippen LogP) is 3.63. The maximum absolute atomic E-state index is 13.6. The molecule has 2 amide bonds. The highest BCUT2D eigenvalue weighted by atomic mass is 19.2. The van der Waals surface area contributed by atoms with Gasteiger partial charge in [0.2, 0.25) is 0 Å². The minimum Gasteiger partial charge on any atom is -0.398 e. The van der Waals surface area contributed by atoms with Crippen molar-refractivity contribution >= 4 is 23.6 Å². The lowest BCUT2D eigenvalue weighted by Gasteiger charge is -2.12. The lowest BCUT2D eigenvalue weighted by molar-refractivity contribution is -0.117. The number of carbonyl (C=O) groups is 2. The Morgan fingerprint density at radius 2 is 1.60 bits per heavy atom. The fraction of sp³-hybridized carbons (Fsp3) is 0.0435. The quantitative estimate of drug-likeness (QED) is 0.431. The number of hydrogen-bond donors (Lipinski definition) is 3. The summed E-state index contributed by atoms with van der Waals surface area (Å²) in [6.07, 6.45) is 1.27. The van der Waals surface area contributed by atoms with Gasteiger partial charge in [-0.2, -0.15) is 0 Å². The van der Waals surface area contributed by atoms with Crippen LogP contribution in [0.4, 0.5) is 14.5 Å². The molecule has 0 aliphatic heterocycles. The molecule has 3 aromatic carbocycles. The molecule has 0 unspecified atom stereocenters. The molecule has 0 spiro atoms. The minimum absolute atomic E-state index is 0.121. The normalized spacial score (nSPS) is 11.1. The van der Waals surface area contributed by atoms with Crippen molar-refractivity contribution in [3.05, 3.63) is 107 Å². The summed E-state index contributed by atoms with van der Waals surface area (Å²) in [4.78, 5) is 25.3. The Bertz CT molecular complexity index is 1100. The fourth-order valence-corrected chi connectivity index (χ4v) is 2.68. The molecule has 3 aromatic rings. The van der Waals surface area contributed by atoms with E-state index in [-0.39, 0.29) is 17.8 Å². The first-order chi connectivity index (χ1) is 14.4. The summed E-state index contributed by atoms with van der Waals surface area (Å²) < 4.78 is 26.8. The van der Waals surface area contributed by atoms with Crippen molar-refractivity contribution in [2.75, 3.05) is 5.73 Å². The fourth-order valence-electron chi connectivity index (χ4n) is 2.68. The van der Waals surface area contributed by atoms with E-state index in [0.717, 1.165) is 12.1 Å². The molecular formula is C23H19F2N3O2. The third-order valence-electron chi connectivity index (χ3n) is 4.28. The molecule has 0 bridgehead atoms. The number of anilines is 1.